The Hall–Kier alpha value is -1.67. The third-order valence-corrected chi connectivity index (χ3v) is 5.34. The molecule has 1 aromatic carbocycles. The van der Waals surface area contributed by atoms with Crippen LogP contribution in [0.15, 0.2) is 24.3 Å². The molecule has 2 aliphatic rings. The van der Waals surface area contributed by atoms with Crippen molar-refractivity contribution in [2.24, 2.45) is 0 Å². The van der Waals surface area contributed by atoms with Gasteiger partial charge >= 0.3 is 0 Å². The van der Waals surface area contributed by atoms with E-state index in [2.05, 4.69) is 10.2 Å². The van der Waals surface area contributed by atoms with E-state index in [1.807, 2.05) is 24.3 Å². The van der Waals surface area contributed by atoms with Gasteiger partial charge in [-0.05, 0) is 30.5 Å². The van der Waals surface area contributed by atoms with Gasteiger partial charge in [-0.3, -0.25) is 9.69 Å². The Labute approximate surface area is 161 Å². The monoisotopic (exact) mass is 377 g/mol. The smallest absolute Gasteiger partial charge is 0.256 e. The lowest BCUT2D eigenvalue weighted by Gasteiger charge is -2.38. The van der Waals surface area contributed by atoms with Gasteiger partial charge in [0.1, 0.15) is 5.75 Å². The summed E-state index contributed by atoms with van der Waals surface area (Å²) in [5.74, 6) is 0.590. The lowest BCUT2D eigenvalue weighted by Crippen LogP contribution is -2.58. The molecule has 3 rings (SSSR count). The van der Waals surface area contributed by atoms with Gasteiger partial charge in [0.25, 0.3) is 5.91 Å². The van der Waals surface area contributed by atoms with Gasteiger partial charge in [-0.15, -0.1) is 0 Å². The molecular weight excluding hydrogens is 346 g/mol. The standard InChI is InChI=1S/C20H31N3O4/c1-26-18-5-2-4-17(14-18)15-23-8-3-6-20(25,19(23)24)16-21-7-9-22-10-12-27-13-11-22/h2,4-5,14,21,25H,3,6-13,15-16H2,1H3/t20-/m0/s1. The van der Waals surface area contributed by atoms with Crippen molar-refractivity contribution in [1.29, 1.82) is 0 Å². The fourth-order valence-corrected chi connectivity index (χ4v) is 3.73. The molecule has 150 valence electrons. The normalized spacial score (nSPS) is 24.2. The Balaban J connectivity index is 1.49. The molecule has 0 saturated carbocycles. The molecule has 2 fully saturated rings. The number of nitrogens with one attached hydrogen (secondary N) is 1. The molecule has 1 amide bonds. The van der Waals surface area contributed by atoms with E-state index in [-0.39, 0.29) is 5.91 Å². The van der Waals surface area contributed by atoms with Gasteiger partial charge < -0.3 is 24.8 Å². The average molecular weight is 377 g/mol. The van der Waals surface area contributed by atoms with Crippen LogP contribution in [0, 0.1) is 0 Å². The Bertz CT molecular complexity index is 621. The minimum absolute atomic E-state index is 0.185. The molecular formula is C20H31N3O4. The summed E-state index contributed by atoms with van der Waals surface area (Å²) >= 11 is 0. The highest BCUT2D eigenvalue weighted by atomic mass is 16.5. The predicted octanol–water partition coefficient (Wildman–Crippen LogP) is 0.471. The highest BCUT2D eigenvalue weighted by Crippen LogP contribution is 2.24. The number of piperidine rings is 1. The number of carbonyl (C=O) groups excluding carboxylic acids is 1. The minimum atomic E-state index is -1.32. The highest BCUT2D eigenvalue weighted by Gasteiger charge is 2.41. The first-order chi connectivity index (χ1) is 13.1. The van der Waals surface area contributed by atoms with Crippen molar-refractivity contribution >= 4 is 5.91 Å². The fourth-order valence-electron chi connectivity index (χ4n) is 3.73. The van der Waals surface area contributed by atoms with Crippen molar-refractivity contribution in [3.05, 3.63) is 29.8 Å². The quantitative estimate of drug-likeness (QED) is 0.642. The second kappa shape index (κ2) is 9.50. The second-order valence-electron chi connectivity index (χ2n) is 7.34. The number of morpholine rings is 1. The van der Waals surface area contributed by atoms with Gasteiger partial charge in [0.2, 0.25) is 0 Å². The Kier molecular flexibility index (Phi) is 7.07. The molecule has 0 aliphatic carbocycles. The number of nitrogens with zero attached hydrogens (tertiary/aromatic N) is 2. The van der Waals surface area contributed by atoms with Crippen LogP contribution in [-0.4, -0.2) is 86.0 Å². The zero-order chi connectivity index (χ0) is 19.1. The van der Waals surface area contributed by atoms with Crippen LogP contribution in [-0.2, 0) is 16.1 Å². The van der Waals surface area contributed by atoms with Gasteiger partial charge in [-0.2, -0.15) is 0 Å². The van der Waals surface area contributed by atoms with E-state index in [9.17, 15) is 9.90 Å². The van der Waals surface area contributed by atoms with Crippen LogP contribution in [0.4, 0.5) is 0 Å². The molecule has 2 aliphatic heterocycles. The molecule has 0 radical (unpaired) electrons. The van der Waals surface area contributed by atoms with E-state index in [0.717, 1.165) is 57.1 Å². The number of rotatable bonds is 8. The predicted molar refractivity (Wildman–Crippen MR) is 103 cm³/mol. The van der Waals surface area contributed by atoms with Crippen LogP contribution < -0.4 is 10.1 Å². The zero-order valence-corrected chi connectivity index (χ0v) is 16.2. The molecule has 0 unspecified atom stereocenters. The SMILES string of the molecule is COc1cccc(CN2CCC[C@](O)(CNCCN3CCOCC3)C2=O)c1. The number of aliphatic hydroxyl groups is 1. The van der Waals surface area contributed by atoms with Gasteiger partial charge in [-0.1, -0.05) is 12.1 Å². The van der Waals surface area contributed by atoms with Gasteiger partial charge in [0.05, 0.1) is 20.3 Å². The molecule has 2 saturated heterocycles. The number of benzene rings is 1. The Morgan fingerprint density at radius 1 is 1.30 bits per heavy atom. The molecule has 2 heterocycles. The van der Waals surface area contributed by atoms with E-state index >= 15 is 0 Å². The minimum Gasteiger partial charge on any atom is -0.497 e. The molecule has 1 atom stereocenters. The number of amides is 1. The topological polar surface area (TPSA) is 74.3 Å². The molecule has 7 nitrogen and oxygen atoms in total. The van der Waals surface area contributed by atoms with Gasteiger partial charge in [0, 0.05) is 45.8 Å². The van der Waals surface area contributed by atoms with E-state index < -0.39 is 5.60 Å². The lowest BCUT2D eigenvalue weighted by molar-refractivity contribution is -0.157. The van der Waals surface area contributed by atoms with Crippen molar-refractivity contribution in [2.75, 3.05) is 59.6 Å². The fraction of sp³-hybridized carbons (Fsp3) is 0.650. The number of likely N-dealkylation sites (tertiary alicyclic amines) is 1. The maximum absolute atomic E-state index is 12.9. The van der Waals surface area contributed by atoms with Crippen LogP contribution in [0.25, 0.3) is 0 Å². The van der Waals surface area contributed by atoms with Gasteiger partial charge in [0.15, 0.2) is 5.60 Å². The number of ether oxygens (including phenoxy) is 2. The number of hydrogen-bond acceptors (Lipinski definition) is 6. The molecule has 0 aromatic heterocycles. The molecule has 2 N–H and O–H groups in total. The molecule has 0 spiro atoms. The van der Waals surface area contributed by atoms with Crippen LogP contribution >= 0.6 is 0 Å². The third-order valence-electron chi connectivity index (χ3n) is 5.34. The summed E-state index contributed by atoms with van der Waals surface area (Å²) in [4.78, 5) is 17.0. The molecule has 7 heteroatoms. The molecule has 27 heavy (non-hydrogen) atoms. The summed E-state index contributed by atoms with van der Waals surface area (Å²) in [5, 5.41) is 14.2. The van der Waals surface area contributed by atoms with Gasteiger partial charge in [-0.25, -0.2) is 0 Å². The summed E-state index contributed by atoms with van der Waals surface area (Å²) in [5.41, 5.74) is -0.311. The molecule has 0 bridgehead atoms. The van der Waals surface area contributed by atoms with Crippen molar-refractivity contribution < 1.29 is 19.4 Å². The lowest BCUT2D eigenvalue weighted by atomic mass is 9.91. The number of hydrogen-bond donors (Lipinski definition) is 2. The van der Waals surface area contributed by atoms with Crippen molar-refractivity contribution in [3.8, 4) is 5.75 Å². The highest BCUT2D eigenvalue weighted by molar-refractivity contribution is 5.86. The van der Waals surface area contributed by atoms with Crippen molar-refractivity contribution in [1.82, 2.24) is 15.1 Å². The Morgan fingerprint density at radius 2 is 2.11 bits per heavy atom. The third kappa shape index (κ3) is 5.42. The maximum Gasteiger partial charge on any atom is 0.256 e. The van der Waals surface area contributed by atoms with Crippen LogP contribution in [0.1, 0.15) is 18.4 Å². The first-order valence-electron chi connectivity index (χ1n) is 9.76. The molecule has 1 aromatic rings. The van der Waals surface area contributed by atoms with E-state index in [0.29, 0.717) is 26.1 Å². The Morgan fingerprint density at radius 3 is 2.89 bits per heavy atom. The number of carbonyl (C=O) groups is 1. The average Bonchev–Trinajstić information content (AvgIpc) is 2.70. The van der Waals surface area contributed by atoms with E-state index in [1.54, 1.807) is 12.0 Å². The first-order valence-corrected chi connectivity index (χ1v) is 9.76. The summed E-state index contributed by atoms with van der Waals surface area (Å²) < 4.78 is 10.6. The largest absolute Gasteiger partial charge is 0.497 e. The summed E-state index contributed by atoms with van der Waals surface area (Å²) in [7, 11) is 1.63. The summed E-state index contributed by atoms with van der Waals surface area (Å²) in [6.07, 6.45) is 1.31. The van der Waals surface area contributed by atoms with Crippen molar-refractivity contribution in [2.45, 2.75) is 25.0 Å². The van der Waals surface area contributed by atoms with Crippen LogP contribution in [0.3, 0.4) is 0 Å². The van der Waals surface area contributed by atoms with E-state index in [1.165, 1.54) is 0 Å². The summed E-state index contributed by atoms with van der Waals surface area (Å²) in [6.45, 7) is 6.57. The zero-order valence-electron chi connectivity index (χ0n) is 16.2. The van der Waals surface area contributed by atoms with E-state index in [4.69, 9.17) is 9.47 Å². The summed E-state index contributed by atoms with van der Waals surface area (Å²) in [6, 6.07) is 7.71. The van der Waals surface area contributed by atoms with Crippen LogP contribution in [0.2, 0.25) is 0 Å². The second-order valence-corrected chi connectivity index (χ2v) is 7.34. The maximum atomic E-state index is 12.9. The first kappa shape index (κ1) is 20.1. The van der Waals surface area contributed by atoms with Crippen molar-refractivity contribution in [3.63, 3.8) is 0 Å². The number of methoxy groups -OCH3 is 1. The van der Waals surface area contributed by atoms with Crippen LogP contribution in [0.5, 0.6) is 5.75 Å².